The highest BCUT2D eigenvalue weighted by molar-refractivity contribution is 6.03. The summed E-state index contributed by atoms with van der Waals surface area (Å²) in [5.41, 5.74) is 2.97. The van der Waals surface area contributed by atoms with Gasteiger partial charge in [0.05, 0.1) is 0 Å². The summed E-state index contributed by atoms with van der Waals surface area (Å²) >= 11 is 0. The minimum absolute atomic E-state index is 0.0272. The third-order valence-electron chi connectivity index (χ3n) is 5.32. The second kappa shape index (κ2) is 10.1. The molecule has 0 aliphatic carbocycles. The standard InChI is InChI=1S/C24H31N3O2/c1-19(2)27(18-20-9-5-3-6-10-20)24(29)17-23(28)25-21-11-13-22(14-12-21)26-15-7-4-8-16-26/h3,5-6,9-14,19H,4,7-8,15-18H2,1-2H3,(H,25,28). The minimum atomic E-state index is -0.278. The molecule has 1 aliphatic heterocycles. The van der Waals surface area contributed by atoms with Crippen molar-refractivity contribution in [1.29, 1.82) is 0 Å². The molecule has 0 radical (unpaired) electrons. The van der Waals surface area contributed by atoms with E-state index in [1.165, 1.54) is 24.9 Å². The molecule has 5 heteroatoms. The lowest BCUT2D eigenvalue weighted by Gasteiger charge is -2.29. The van der Waals surface area contributed by atoms with E-state index in [0.717, 1.165) is 24.3 Å². The average molecular weight is 394 g/mol. The Bertz CT molecular complexity index is 797. The molecule has 0 bridgehead atoms. The Morgan fingerprint density at radius 1 is 0.966 bits per heavy atom. The van der Waals surface area contributed by atoms with Crippen molar-refractivity contribution in [2.24, 2.45) is 0 Å². The molecular formula is C24H31N3O2. The number of nitrogens with zero attached hydrogens (tertiary/aromatic N) is 2. The van der Waals surface area contributed by atoms with Crippen molar-refractivity contribution in [2.45, 2.75) is 52.1 Å². The van der Waals surface area contributed by atoms with E-state index in [1.807, 2.05) is 68.4 Å². The Kier molecular flexibility index (Phi) is 7.28. The molecule has 1 aliphatic rings. The maximum Gasteiger partial charge on any atom is 0.233 e. The molecule has 0 spiro atoms. The summed E-state index contributed by atoms with van der Waals surface area (Å²) in [6.07, 6.45) is 3.61. The van der Waals surface area contributed by atoms with E-state index in [4.69, 9.17) is 0 Å². The van der Waals surface area contributed by atoms with Gasteiger partial charge in [0.25, 0.3) is 0 Å². The van der Waals surface area contributed by atoms with Gasteiger partial charge in [0.2, 0.25) is 11.8 Å². The summed E-state index contributed by atoms with van der Waals surface area (Å²) in [4.78, 5) is 29.3. The van der Waals surface area contributed by atoms with Gasteiger partial charge in [-0.2, -0.15) is 0 Å². The van der Waals surface area contributed by atoms with Crippen LogP contribution in [0.2, 0.25) is 0 Å². The van der Waals surface area contributed by atoms with E-state index in [0.29, 0.717) is 6.54 Å². The van der Waals surface area contributed by atoms with Gasteiger partial charge in [-0.25, -0.2) is 0 Å². The maximum atomic E-state index is 12.7. The molecule has 1 fully saturated rings. The van der Waals surface area contributed by atoms with Gasteiger partial charge in [0.15, 0.2) is 0 Å². The number of piperidine rings is 1. The predicted molar refractivity (Wildman–Crippen MR) is 118 cm³/mol. The first-order valence-electron chi connectivity index (χ1n) is 10.5. The second-order valence-corrected chi connectivity index (χ2v) is 7.92. The van der Waals surface area contributed by atoms with Crippen LogP contribution in [-0.4, -0.2) is 35.8 Å². The summed E-state index contributed by atoms with van der Waals surface area (Å²) in [5.74, 6) is -0.439. The van der Waals surface area contributed by atoms with E-state index in [-0.39, 0.29) is 24.3 Å². The van der Waals surface area contributed by atoms with Gasteiger partial charge in [-0.3, -0.25) is 9.59 Å². The molecule has 0 unspecified atom stereocenters. The van der Waals surface area contributed by atoms with Crippen LogP contribution >= 0.6 is 0 Å². The lowest BCUT2D eigenvalue weighted by atomic mass is 10.1. The molecule has 0 saturated carbocycles. The Balaban J connectivity index is 1.55. The third kappa shape index (κ3) is 6.08. The van der Waals surface area contributed by atoms with Crippen LogP contribution in [0.4, 0.5) is 11.4 Å². The summed E-state index contributed by atoms with van der Waals surface area (Å²) < 4.78 is 0. The van der Waals surface area contributed by atoms with Crippen LogP contribution < -0.4 is 10.2 Å². The Labute approximate surface area is 173 Å². The second-order valence-electron chi connectivity index (χ2n) is 7.92. The monoisotopic (exact) mass is 393 g/mol. The molecule has 2 aromatic carbocycles. The highest BCUT2D eigenvalue weighted by Crippen LogP contribution is 2.22. The van der Waals surface area contributed by atoms with E-state index in [2.05, 4.69) is 10.2 Å². The number of nitrogens with one attached hydrogen (secondary N) is 1. The van der Waals surface area contributed by atoms with E-state index in [9.17, 15) is 9.59 Å². The van der Waals surface area contributed by atoms with Crippen molar-refractivity contribution in [2.75, 3.05) is 23.3 Å². The molecule has 154 valence electrons. The highest BCUT2D eigenvalue weighted by Gasteiger charge is 2.20. The first-order valence-corrected chi connectivity index (χ1v) is 10.5. The zero-order valence-corrected chi connectivity index (χ0v) is 17.4. The van der Waals surface area contributed by atoms with Crippen molar-refractivity contribution < 1.29 is 9.59 Å². The number of hydrogen-bond acceptors (Lipinski definition) is 3. The lowest BCUT2D eigenvalue weighted by Crippen LogP contribution is -2.38. The van der Waals surface area contributed by atoms with Gasteiger partial charge in [-0.1, -0.05) is 30.3 Å². The zero-order chi connectivity index (χ0) is 20.6. The van der Waals surface area contributed by atoms with Crippen LogP contribution in [0.3, 0.4) is 0 Å². The van der Waals surface area contributed by atoms with Gasteiger partial charge in [-0.15, -0.1) is 0 Å². The molecule has 2 amide bonds. The Hall–Kier alpha value is -2.82. The Morgan fingerprint density at radius 2 is 1.62 bits per heavy atom. The Morgan fingerprint density at radius 3 is 2.24 bits per heavy atom. The quantitative estimate of drug-likeness (QED) is 0.708. The van der Waals surface area contributed by atoms with Gasteiger partial charge < -0.3 is 15.1 Å². The summed E-state index contributed by atoms with van der Waals surface area (Å²) in [7, 11) is 0. The van der Waals surface area contributed by atoms with E-state index in [1.54, 1.807) is 4.90 Å². The van der Waals surface area contributed by atoms with E-state index >= 15 is 0 Å². The summed E-state index contributed by atoms with van der Waals surface area (Å²) in [6.45, 7) is 6.63. The molecule has 1 heterocycles. The fraction of sp³-hybridized carbons (Fsp3) is 0.417. The van der Waals surface area contributed by atoms with E-state index < -0.39 is 0 Å². The molecule has 1 N–H and O–H groups in total. The number of amides is 2. The fourth-order valence-corrected chi connectivity index (χ4v) is 3.69. The van der Waals surface area contributed by atoms with Crippen LogP contribution in [0.15, 0.2) is 54.6 Å². The lowest BCUT2D eigenvalue weighted by molar-refractivity contribution is -0.136. The number of anilines is 2. The smallest absolute Gasteiger partial charge is 0.233 e. The SMILES string of the molecule is CC(C)N(Cc1ccccc1)C(=O)CC(=O)Nc1ccc(N2CCCCC2)cc1. The van der Waals surface area contributed by atoms with Gasteiger partial charge in [0, 0.05) is 37.1 Å². The van der Waals surface area contributed by atoms with Crippen LogP contribution in [-0.2, 0) is 16.1 Å². The molecule has 29 heavy (non-hydrogen) atoms. The third-order valence-corrected chi connectivity index (χ3v) is 5.32. The molecule has 0 aromatic heterocycles. The number of hydrogen-bond donors (Lipinski definition) is 1. The first-order chi connectivity index (χ1) is 14.0. The predicted octanol–water partition coefficient (Wildman–Crippen LogP) is 4.44. The van der Waals surface area contributed by atoms with Crippen molar-refractivity contribution in [3.8, 4) is 0 Å². The fourth-order valence-electron chi connectivity index (χ4n) is 3.69. The first kappa shape index (κ1) is 20.9. The number of rotatable bonds is 7. The van der Waals surface area contributed by atoms with Crippen LogP contribution in [0.25, 0.3) is 0 Å². The normalized spacial score (nSPS) is 14.0. The topological polar surface area (TPSA) is 52.7 Å². The van der Waals surface area contributed by atoms with Crippen LogP contribution in [0.5, 0.6) is 0 Å². The minimum Gasteiger partial charge on any atom is -0.372 e. The van der Waals surface area contributed by atoms with Crippen molar-refractivity contribution in [3.63, 3.8) is 0 Å². The average Bonchev–Trinajstić information content (AvgIpc) is 2.73. The molecule has 0 atom stereocenters. The highest BCUT2D eigenvalue weighted by atomic mass is 16.2. The molecule has 5 nitrogen and oxygen atoms in total. The van der Waals surface area contributed by atoms with Crippen molar-refractivity contribution in [3.05, 3.63) is 60.2 Å². The van der Waals surface area contributed by atoms with Crippen molar-refractivity contribution >= 4 is 23.2 Å². The van der Waals surface area contributed by atoms with Gasteiger partial charge in [0.1, 0.15) is 6.42 Å². The zero-order valence-electron chi connectivity index (χ0n) is 17.4. The number of carbonyl (C=O) groups is 2. The molecular weight excluding hydrogens is 362 g/mol. The molecule has 1 saturated heterocycles. The number of benzene rings is 2. The summed E-state index contributed by atoms with van der Waals surface area (Å²) in [6, 6.07) is 17.8. The number of carbonyl (C=O) groups excluding carboxylic acids is 2. The largest absolute Gasteiger partial charge is 0.372 e. The van der Waals surface area contributed by atoms with Crippen LogP contribution in [0, 0.1) is 0 Å². The van der Waals surface area contributed by atoms with Gasteiger partial charge in [-0.05, 0) is 62.9 Å². The van der Waals surface area contributed by atoms with Gasteiger partial charge >= 0.3 is 0 Å². The molecule has 2 aromatic rings. The maximum absolute atomic E-state index is 12.7. The van der Waals surface area contributed by atoms with Crippen molar-refractivity contribution in [1.82, 2.24) is 4.90 Å². The summed E-state index contributed by atoms with van der Waals surface area (Å²) in [5, 5.41) is 2.86. The molecule has 3 rings (SSSR count). The van der Waals surface area contributed by atoms with Crippen LogP contribution in [0.1, 0.15) is 45.1 Å².